The Balaban J connectivity index is 0.00000302. The first-order chi connectivity index (χ1) is 19.5. The lowest BCUT2D eigenvalue weighted by Crippen LogP contribution is -2.52. The lowest BCUT2D eigenvalue weighted by molar-refractivity contribution is -0.136. The van der Waals surface area contributed by atoms with E-state index >= 15 is 0 Å². The highest BCUT2D eigenvalue weighted by Gasteiger charge is 2.39. The summed E-state index contributed by atoms with van der Waals surface area (Å²) in [5.41, 5.74) is 7.33. The van der Waals surface area contributed by atoms with Gasteiger partial charge in [-0.05, 0) is 78.7 Å². The number of halogens is 1. The van der Waals surface area contributed by atoms with Gasteiger partial charge in [-0.1, -0.05) is 42.5 Å². The molecule has 8 nitrogen and oxygen atoms in total. The molecule has 210 valence electrons. The molecular formula is C32H32ClN5O3. The van der Waals surface area contributed by atoms with Crippen LogP contribution in [0.4, 0.5) is 0 Å². The van der Waals surface area contributed by atoms with Gasteiger partial charge in [-0.25, -0.2) is 4.98 Å². The molecule has 1 N–H and O–H groups in total. The van der Waals surface area contributed by atoms with Gasteiger partial charge in [0.05, 0.1) is 5.69 Å². The summed E-state index contributed by atoms with van der Waals surface area (Å²) >= 11 is 0. The van der Waals surface area contributed by atoms with Gasteiger partial charge in [0.25, 0.3) is 5.91 Å². The third kappa shape index (κ3) is 5.25. The smallest absolute Gasteiger partial charge is 0.255 e. The monoisotopic (exact) mass is 569 g/mol. The van der Waals surface area contributed by atoms with E-state index in [1.165, 1.54) is 16.7 Å². The van der Waals surface area contributed by atoms with Crippen molar-refractivity contribution in [3.05, 3.63) is 95.4 Å². The van der Waals surface area contributed by atoms with Gasteiger partial charge in [0.2, 0.25) is 11.8 Å². The summed E-state index contributed by atoms with van der Waals surface area (Å²) in [5, 5.41) is 2.37. The van der Waals surface area contributed by atoms with Gasteiger partial charge in [0.1, 0.15) is 11.7 Å². The molecule has 2 aromatic carbocycles. The van der Waals surface area contributed by atoms with Crippen molar-refractivity contribution in [1.82, 2.24) is 24.5 Å². The zero-order valence-electron chi connectivity index (χ0n) is 22.7. The van der Waals surface area contributed by atoms with Crippen LogP contribution in [-0.2, 0) is 22.7 Å². The Morgan fingerprint density at radius 3 is 2.46 bits per heavy atom. The number of rotatable bonds is 5. The molecule has 1 unspecified atom stereocenters. The Labute approximate surface area is 244 Å². The number of hydrogen-bond donors (Lipinski definition) is 1. The first-order valence-corrected chi connectivity index (χ1v) is 14.0. The van der Waals surface area contributed by atoms with Crippen LogP contribution in [-0.4, -0.2) is 56.0 Å². The highest BCUT2D eigenvalue weighted by molar-refractivity contribution is 6.05. The van der Waals surface area contributed by atoms with Gasteiger partial charge in [-0.15, -0.1) is 12.4 Å². The van der Waals surface area contributed by atoms with E-state index in [2.05, 4.69) is 75.5 Å². The van der Waals surface area contributed by atoms with Crippen molar-refractivity contribution >= 4 is 35.8 Å². The molecule has 0 spiro atoms. The Morgan fingerprint density at radius 2 is 1.68 bits per heavy atom. The van der Waals surface area contributed by atoms with Gasteiger partial charge in [0, 0.05) is 37.5 Å². The Morgan fingerprint density at radius 1 is 0.878 bits per heavy atom. The molecule has 1 atom stereocenters. The van der Waals surface area contributed by atoms with E-state index in [-0.39, 0.29) is 36.5 Å². The lowest BCUT2D eigenvalue weighted by atomic mass is 9.88. The third-order valence-electron chi connectivity index (χ3n) is 8.60. The standard InChI is InChI=1S/C32H31N5O3.ClH/c38-30-11-9-28(31(39)34-30)37-18-25-16-23(6-8-27(25)32(37)40)22-12-14-35(15-13-22)19-26-20-36-17-24(7-10-29(36)33-26)21-4-2-1-3-5-21;/h1-8,10,16-17,20,22,28H,9,11-15,18-19H2,(H,34,38,39);1H. The second kappa shape index (κ2) is 11.1. The minimum absolute atomic E-state index is 0. The molecular weight excluding hydrogens is 538 g/mol. The number of likely N-dealkylation sites (tertiary alicyclic amines) is 1. The van der Waals surface area contributed by atoms with E-state index in [1.54, 1.807) is 4.90 Å². The van der Waals surface area contributed by atoms with Gasteiger partial charge >= 0.3 is 0 Å². The summed E-state index contributed by atoms with van der Waals surface area (Å²) in [6.45, 7) is 3.24. The molecule has 5 heterocycles. The number of carbonyl (C=O) groups is 3. The molecule has 0 aliphatic carbocycles. The number of hydrogen-bond acceptors (Lipinski definition) is 5. The van der Waals surface area contributed by atoms with Crippen LogP contribution in [0.2, 0.25) is 0 Å². The predicted octanol–water partition coefficient (Wildman–Crippen LogP) is 4.56. The van der Waals surface area contributed by atoms with E-state index in [4.69, 9.17) is 4.98 Å². The molecule has 2 saturated heterocycles. The molecule has 3 aliphatic heterocycles. The summed E-state index contributed by atoms with van der Waals surface area (Å²) in [5.74, 6) is -0.310. The van der Waals surface area contributed by atoms with Crippen molar-refractivity contribution in [2.75, 3.05) is 13.1 Å². The molecule has 41 heavy (non-hydrogen) atoms. The normalized spacial score (nSPS) is 19.8. The van der Waals surface area contributed by atoms with Crippen molar-refractivity contribution in [3.63, 3.8) is 0 Å². The number of nitrogens with zero attached hydrogens (tertiary/aromatic N) is 4. The van der Waals surface area contributed by atoms with Crippen LogP contribution in [0.3, 0.4) is 0 Å². The second-order valence-electron chi connectivity index (χ2n) is 11.1. The minimum Gasteiger partial charge on any atom is -0.322 e. The SMILES string of the molecule is Cl.O=C1CCC(N2Cc3cc(C4CCN(Cc5cn6cc(-c7ccccc7)ccc6n5)CC4)ccc3C2=O)C(=O)N1. The van der Waals surface area contributed by atoms with Gasteiger partial charge in [-0.3, -0.25) is 24.6 Å². The number of benzene rings is 2. The zero-order chi connectivity index (χ0) is 27.2. The van der Waals surface area contributed by atoms with Crippen LogP contribution >= 0.6 is 12.4 Å². The maximum atomic E-state index is 13.0. The molecule has 2 aromatic heterocycles. The van der Waals surface area contributed by atoms with Gasteiger partial charge in [-0.2, -0.15) is 0 Å². The van der Waals surface area contributed by atoms with Crippen LogP contribution in [0, 0.1) is 0 Å². The maximum absolute atomic E-state index is 13.0. The Kier molecular flexibility index (Phi) is 7.36. The Hall–Kier alpha value is -4.01. The molecule has 9 heteroatoms. The highest BCUT2D eigenvalue weighted by atomic mass is 35.5. The fourth-order valence-corrected chi connectivity index (χ4v) is 6.42. The average molecular weight is 570 g/mol. The summed E-state index contributed by atoms with van der Waals surface area (Å²) < 4.78 is 2.12. The number of pyridine rings is 1. The minimum atomic E-state index is -0.575. The largest absolute Gasteiger partial charge is 0.322 e. The maximum Gasteiger partial charge on any atom is 0.255 e. The quantitative estimate of drug-likeness (QED) is 0.356. The molecule has 0 radical (unpaired) electrons. The second-order valence-corrected chi connectivity index (χ2v) is 11.1. The van der Waals surface area contributed by atoms with Crippen molar-refractivity contribution in [3.8, 4) is 11.1 Å². The molecule has 3 amide bonds. The summed E-state index contributed by atoms with van der Waals surface area (Å²) in [4.78, 5) is 45.9. The first-order valence-electron chi connectivity index (χ1n) is 14.0. The average Bonchev–Trinajstić information content (AvgIpc) is 3.53. The van der Waals surface area contributed by atoms with Crippen LogP contribution in [0.1, 0.15) is 58.8 Å². The number of imide groups is 1. The number of fused-ring (bicyclic) bond motifs is 2. The van der Waals surface area contributed by atoms with E-state index in [9.17, 15) is 14.4 Å². The number of piperidine rings is 2. The fraction of sp³-hybridized carbons (Fsp3) is 0.312. The molecule has 2 fully saturated rings. The van der Waals surface area contributed by atoms with Crippen LogP contribution in [0.5, 0.6) is 0 Å². The number of aromatic nitrogens is 2. The summed E-state index contributed by atoms with van der Waals surface area (Å²) in [7, 11) is 0. The van der Waals surface area contributed by atoms with Crippen molar-refractivity contribution < 1.29 is 14.4 Å². The molecule has 3 aliphatic rings. The van der Waals surface area contributed by atoms with Gasteiger partial charge < -0.3 is 9.30 Å². The zero-order valence-corrected chi connectivity index (χ0v) is 23.5. The topological polar surface area (TPSA) is 87.0 Å². The molecule has 4 aromatic rings. The molecule has 0 bridgehead atoms. The first kappa shape index (κ1) is 27.2. The van der Waals surface area contributed by atoms with E-state index in [0.717, 1.165) is 49.4 Å². The molecule has 7 rings (SSSR count). The van der Waals surface area contributed by atoms with Gasteiger partial charge in [0.15, 0.2) is 0 Å². The Bertz CT molecular complexity index is 1630. The van der Waals surface area contributed by atoms with Crippen LogP contribution in [0.25, 0.3) is 16.8 Å². The lowest BCUT2D eigenvalue weighted by Gasteiger charge is -2.31. The highest BCUT2D eigenvalue weighted by Crippen LogP contribution is 2.34. The predicted molar refractivity (Wildman–Crippen MR) is 158 cm³/mol. The number of nitrogens with one attached hydrogen (secondary N) is 1. The van der Waals surface area contributed by atoms with E-state index in [1.807, 2.05) is 12.1 Å². The number of imidazole rings is 1. The molecule has 0 saturated carbocycles. The fourth-order valence-electron chi connectivity index (χ4n) is 6.42. The van der Waals surface area contributed by atoms with Crippen molar-refractivity contribution in [2.24, 2.45) is 0 Å². The number of amides is 3. The van der Waals surface area contributed by atoms with E-state index < -0.39 is 6.04 Å². The van der Waals surface area contributed by atoms with Crippen LogP contribution < -0.4 is 5.32 Å². The third-order valence-corrected chi connectivity index (χ3v) is 8.60. The van der Waals surface area contributed by atoms with E-state index in [0.29, 0.717) is 24.4 Å². The van der Waals surface area contributed by atoms with Crippen LogP contribution in [0.15, 0.2) is 73.1 Å². The number of carbonyl (C=O) groups excluding carboxylic acids is 3. The van der Waals surface area contributed by atoms with Crippen molar-refractivity contribution in [2.45, 2.75) is 50.7 Å². The summed E-state index contributed by atoms with van der Waals surface area (Å²) in [6.07, 6.45) is 7.04. The summed E-state index contributed by atoms with van der Waals surface area (Å²) in [6, 6.07) is 20.2. The van der Waals surface area contributed by atoms with Crippen molar-refractivity contribution in [1.29, 1.82) is 0 Å².